The Morgan fingerprint density at radius 3 is 2.28 bits per heavy atom. The lowest BCUT2D eigenvalue weighted by atomic mass is 9.88. The molecule has 0 radical (unpaired) electrons. The van der Waals surface area contributed by atoms with Crippen molar-refractivity contribution in [2.75, 3.05) is 12.8 Å². The number of hydrogen-bond acceptors (Lipinski definition) is 3. The zero-order valence-electron chi connectivity index (χ0n) is 19.0. The highest BCUT2D eigenvalue weighted by molar-refractivity contribution is 7.88. The van der Waals surface area contributed by atoms with Gasteiger partial charge in [-0.25, -0.2) is 8.42 Å². The van der Waals surface area contributed by atoms with Crippen molar-refractivity contribution in [3.63, 3.8) is 0 Å². The maximum atomic E-state index is 12.8. The van der Waals surface area contributed by atoms with E-state index in [9.17, 15) is 13.5 Å². The second kappa shape index (κ2) is 9.22. The predicted octanol–water partition coefficient (Wildman–Crippen LogP) is 4.86. The number of benzene rings is 2. The van der Waals surface area contributed by atoms with Crippen LogP contribution in [0.4, 0.5) is 0 Å². The Morgan fingerprint density at radius 2 is 1.72 bits per heavy atom. The van der Waals surface area contributed by atoms with Gasteiger partial charge in [-0.05, 0) is 50.8 Å². The summed E-state index contributed by atoms with van der Waals surface area (Å²) in [7, 11) is -3.50. The number of rotatable bonds is 7. The van der Waals surface area contributed by atoms with Crippen molar-refractivity contribution < 1.29 is 13.5 Å². The molecule has 5 nitrogen and oxygen atoms in total. The Labute approximate surface area is 190 Å². The highest BCUT2D eigenvalue weighted by Gasteiger charge is 2.33. The topological polar surface area (TPSA) is 62.5 Å². The summed E-state index contributed by atoms with van der Waals surface area (Å²) in [6, 6.07) is 16.1. The van der Waals surface area contributed by atoms with Crippen LogP contribution in [0.25, 0.3) is 21.8 Å². The molecule has 2 unspecified atom stereocenters. The van der Waals surface area contributed by atoms with Crippen molar-refractivity contribution in [2.24, 2.45) is 0 Å². The van der Waals surface area contributed by atoms with Crippen LogP contribution < -0.4 is 0 Å². The Kier molecular flexibility index (Phi) is 6.56. The van der Waals surface area contributed by atoms with E-state index in [0.29, 0.717) is 6.54 Å². The van der Waals surface area contributed by atoms with Gasteiger partial charge in [0.25, 0.3) is 0 Å². The van der Waals surface area contributed by atoms with E-state index in [2.05, 4.69) is 23.6 Å². The Morgan fingerprint density at radius 1 is 1.12 bits per heavy atom. The molecular weight excluding hydrogens is 420 g/mol. The zero-order chi connectivity index (χ0) is 22.9. The minimum atomic E-state index is -3.50. The number of sulfonamides is 1. The quantitative estimate of drug-likeness (QED) is 0.557. The van der Waals surface area contributed by atoms with Crippen molar-refractivity contribution in [1.29, 1.82) is 0 Å². The number of allylic oxidation sites excluding steroid dienone is 2. The normalized spacial score (nSPS) is 19.0. The summed E-state index contributed by atoms with van der Waals surface area (Å²) in [4.78, 5) is 0. The lowest BCUT2D eigenvalue weighted by Gasteiger charge is -2.35. The summed E-state index contributed by atoms with van der Waals surface area (Å²) < 4.78 is 29.2. The molecule has 0 saturated heterocycles. The molecular formula is C26H32N2O3S. The Bertz CT molecular complexity index is 1230. The molecule has 0 fully saturated rings. The number of nitrogens with zero attached hydrogens (tertiary/aromatic N) is 2. The van der Waals surface area contributed by atoms with E-state index < -0.39 is 16.1 Å². The van der Waals surface area contributed by atoms with Gasteiger partial charge in [0.1, 0.15) is 0 Å². The first-order valence-electron chi connectivity index (χ1n) is 11.2. The van der Waals surface area contributed by atoms with Gasteiger partial charge in [-0.1, -0.05) is 54.1 Å². The molecule has 0 spiro atoms. The first-order valence-corrected chi connectivity index (χ1v) is 13.1. The number of para-hydroxylation sites is 2. The van der Waals surface area contributed by atoms with Crippen LogP contribution in [0.5, 0.6) is 0 Å². The zero-order valence-corrected chi connectivity index (χ0v) is 19.8. The summed E-state index contributed by atoms with van der Waals surface area (Å²) in [5, 5.41) is 13.4. The summed E-state index contributed by atoms with van der Waals surface area (Å²) in [6.45, 7) is 4.43. The highest BCUT2D eigenvalue weighted by Crippen LogP contribution is 2.32. The van der Waals surface area contributed by atoms with Crippen molar-refractivity contribution in [2.45, 2.75) is 51.8 Å². The van der Waals surface area contributed by atoms with E-state index >= 15 is 0 Å². The number of aromatic nitrogens is 1. The molecule has 0 saturated carbocycles. The molecule has 32 heavy (non-hydrogen) atoms. The molecule has 3 aromatic rings. The van der Waals surface area contributed by atoms with Gasteiger partial charge >= 0.3 is 0 Å². The third kappa shape index (κ3) is 4.40. The van der Waals surface area contributed by atoms with Gasteiger partial charge in [-0.2, -0.15) is 4.31 Å². The van der Waals surface area contributed by atoms with Crippen molar-refractivity contribution in [3.05, 3.63) is 71.8 Å². The minimum Gasteiger partial charge on any atom is -0.390 e. The molecule has 2 atom stereocenters. The van der Waals surface area contributed by atoms with Crippen LogP contribution in [-0.4, -0.2) is 47.3 Å². The molecule has 0 bridgehead atoms. The van der Waals surface area contributed by atoms with Crippen LogP contribution in [0, 0.1) is 0 Å². The molecule has 6 heteroatoms. The fourth-order valence-corrected chi connectivity index (χ4v) is 6.17. The Hall–Kier alpha value is -2.41. The number of hydrogen-bond donors (Lipinski definition) is 1. The van der Waals surface area contributed by atoms with Gasteiger partial charge in [0.05, 0.1) is 18.9 Å². The van der Waals surface area contributed by atoms with Crippen LogP contribution in [0.2, 0.25) is 0 Å². The van der Waals surface area contributed by atoms with Crippen molar-refractivity contribution >= 4 is 31.8 Å². The summed E-state index contributed by atoms with van der Waals surface area (Å²) in [6.07, 6.45) is 7.11. The first kappa shape index (κ1) is 22.8. The second-order valence-corrected chi connectivity index (χ2v) is 10.7. The minimum absolute atomic E-state index is 0.0681. The van der Waals surface area contributed by atoms with Crippen LogP contribution in [0.3, 0.4) is 0 Å². The van der Waals surface area contributed by atoms with Gasteiger partial charge in [-0.15, -0.1) is 0 Å². The van der Waals surface area contributed by atoms with Crippen molar-refractivity contribution in [3.8, 4) is 0 Å². The fraction of sp³-hybridized carbons (Fsp3) is 0.385. The van der Waals surface area contributed by atoms with Gasteiger partial charge in [0.15, 0.2) is 0 Å². The Balaban J connectivity index is 1.67. The molecule has 1 aliphatic rings. The van der Waals surface area contributed by atoms with E-state index in [1.807, 2.05) is 55.5 Å². The maximum absolute atomic E-state index is 12.8. The SMILES string of the molecule is C/C=C\C1=C(C)CCCC1N(CC(O)Cn1c2ccccc2c2ccccc21)S(C)(=O)=O. The molecule has 1 N–H and O–H groups in total. The summed E-state index contributed by atoms with van der Waals surface area (Å²) in [5.41, 5.74) is 4.38. The molecule has 1 aromatic heterocycles. The van der Waals surface area contributed by atoms with Crippen LogP contribution in [-0.2, 0) is 16.6 Å². The molecule has 170 valence electrons. The second-order valence-electron chi connectivity index (χ2n) is 8.78. The van der Waals surface area contributed by atoms with Crippen LogP contribution >= 0.6 is 0 Å². The van der Waals surface area contributed by atoms with E-state index in [1.165, 1.54) is 16.1 Å². The van der Waals surface area contributed by atoms with Crippen LogP contribution in [0.15, 0.2) is 71.8 Å². The van der Waals surface area contributed by atoms with Gasteiger partial charge in [-0.3, -0.25) is 0 Å². The third-order valence-corrected chi connectivity index (χ3v) is 7.72. The van der Waals surface area contributed by atoms with E-state index in [4.69, 9.17) is 0 Å². The van der Waals surface area contributed by atoms with E-state index in [0.717, 1.165) is 46.6 Å². The lowest BCUT2D eigenvalue weighted by molar-refractivity contribution is 0.120. The lowest BCUT2D eigenvalue weighted by Crippen LogP contribution is -2.46. The smallest absolute Gasteiger partial charge is 0.211 e. The van der Waals surface area contributed by atoms with Crippen LogP contribution in [0.1, 0.15) is 33.1 Å². The van der Waals surface area contributed by atoms with Gasteiger partial charge in [0, 0.05) is 34.4 Å². The highest BCUT2D eigenvalue weighted by atomic mass is 32.2. The standard InChI is InChI=1S/C26H32N2O3S/c1-4-10-21-19(2)11-9-16-26(21)28(32(3,30)31)18-20(29)17-27-24-14-7-5-12-22(24)23-13-6-8-15-25(23)27/h4-8,10,12-15,20,26,29H,9,11,16-18H2,1-3H3/b10-4-. The third-order valence-electron chi connectivity index (χ3n) is 6.46. The van der Waals surface area contributed by atoms with E-state index in [-0.39, 0.29) is 12.6 Å². The number of fused-ring (bicyclic) bond motifs is 3. The average molecular weight is 453 g/mol. The molecule has 0 aliphatic heterocycles. The molecule has 0 amide bonds. The maximum Gasteiger partial charge on any atom is 0.211 e. The average Bonchev–Trinajstić information content (AvgIpc) is 3.07. The van der Waals surface area contributed by atoms with Crippen molar-refractivity contribution in [1.82, 2.24) is 8.87 Å². The largest absolute Gasteiger partial charge is 0.390 e. The number of aliphatic hydroxyl groups is 1. The molecule has 2 aromatic carbocycles. The van der Waals surface area contributed by atoms with Gasteiger partial charge in [0.2, 0.25) is 10.0 Å². The predicted molar refractivity (Wildman–Crippen MR) is 132 cm³/mol. The molecule has 4 rings (SSSR count). The number of aliphatic hydroxyl groups excluding tert-OH is 1. The van der Waals surface area contributed by atoms with Gasteiger partial charge < -0.3 is 9.67 Å². The molecule has 1 heterocycles. The van der Waals surface area contributed by atoms with E-state index in [1.54, 1.807) is 0 Å². The first-order chi connectivity index (χ1) is 15.3. The molecule has 1 aliphatic carbocycles. The summed E-state index contributed by atoms with van der Waals surface area (Å²) >= 11 is 0. The summed E-state index contributed by atoms with van der Waals surface area (Å²) in [5.74, 6) is 0. The monoisotopic (exact) mass is 452 g/mol. The fourth-order valence-electron chi connectivity index (χ4n) is 5.05.